The van der Waals surface area contributed by atoms with Crippen LogP contribution in [-0.2, 0) is 29.9 Å². The van der Waals surface area contributed by atoms with Gasteiger partial charge in [-0.2, -0.15) is 17.9 Å². The molecule has 1 aromatic rings. The molecule has 3 rings (SSSR count). The molecule has 0 fully saturated rings. The van der Waals surface area contributed by atoms with Crippen LogP contribution in [-0.4, -0.2) is 31.3 Å². The molecule has 1 aromatic heterocycles. The summed E-state index contributed by atoms with van der Waals surface area (Å²) in [4.78, 5) is 23.7. The summed E-state index contributed by atoms with van der Waals surface area (Å²) in [6.07, 6.45) is -3.57. The van der Waals surface area contributed by atoms with Crippen molar-refractivity contribution < 1.29 is 37.0 Å². The molecule has 0 radical (unpaired) electrons. The molecule has 3 atom stereocenters. The first kappa shape index (κ1) is 17.2. The van der Waals surface area contributed by atoms with Crippen molar-refractivity contribution in [2.24, 2.45) is 0 Å². The van der Waals surface area contributed by atoms with Gasteiger partial charge >= 0.3 is 18.1 Å². The second-order valence-corrected chi connectivity index (χ2v) is 6.01. The maximum absolute atomic E-state index is 14.1. The topological polar surface area (TPSA) is 79.5 Å². The Morgan fingerprint density at radius 3 is 2.64 bits per heavy atom. The number of carbonyl (C=O) groups excluding carboxylic acids is 2. The van der Waals surface area contributed by atoms with Gasteiger partial charge < -0.3 is 14.7 Å². The Balaban J connectivity index is 2.31. The fourth-order valence-corrected chi connectivity index (χ4v) is 3.99. The van der Waals surface area contributed by atoms with Gasteiger partial charge in [0.2, 0.25) is 5.69 Å². The average Bonchev–Trinajstić information content (AvgIpc) is 2.49. The highest BCUT2D eigenvalue weighted by atomic mass is 19.4. The third-order valence-electron chi connectivity index (χ3n) is 4.83. The summed E-state index contributed by atoms with van der Waals surface area (Å²) in [7, 11) is 0.952. The Bertz CT molecular complexity index is 790. The predicted molar refractivity (Wildman–Crippen MR) is 76.1 cm³/mol. The molecule has 9 heteroatoms. The Morgan fingerprint density at radius 1 is 1.40 bits per heavy atom. The number of alkyl halides is 3. The van der Waals surface area contributed by atoms with Crippen LogP contribution in [0.1, 0.15) is 24.6 Å². The van der Waals surface area contributed by atoms with E-state index in [4.69, 9.17) is 4.74 Å². The third-order valence-corrected chi connectivity index (χ3v) is 4.83. The maximum atomic E-state index is 14.1. The van der Waals surface area contributed by atoms with Gasteiger partial charge in [0, 0.05) is 25.0 Å². The number of ether oxygens (including phenoxy) is 2. The number of hydrogen-bond acceptors (Lipinski definition) is 5. The van der Waals surface area contributed by atoms with Crippen molar-refractivity contribution in [3.8, 4) is 0 Å². The number of rotatable bonds is 2. The minimum Gasteiger partial charge on any atom is -0.618 e. The monoisotopic (exact) mass is 357 g/mol. The zero-order valence-corrected chi connectivity index (χ0v) is 13.3. The number of carbonyl (C=O) groups is 2. The Kier molecular flexibility index (Phi) is 3.59. The van der Waals surface area contributed by atoms with Crippen molar-refractivity contribution in [3.05, 3.63) is 46.9 Å². The molecule has 0 saturated carbocycles. The van der Waals surface area contributed by atoms with E-state index in [-0.39, 0.29) is 16.0 Å². The summed E-state index contributed by atoms with van der Waals surface area (Å²) in [5, 5.41) is 12.2. The maximum Gasteiger partial charge on any atom is 0.403 e. The first-order valence-corrected chi connectivity index (χ1v) is 7.36. The Hall–Kier alpha value is -2.58. The molecular formula is C16H14F3NO5. The molecule has 134 valence electrons. The molecule has 1 heterocycles. The van der Waals surface area contributed by atoms with Crippen LogP contribution < -0.4 is 4.73 Å². The first-order chi connectivity index (χ1) is 11.6. The summed E-state index contributed by atoms with van der Waals surface area (Å²) >= 11 is 0. The van der Waals surface area contributed by atoms with Gasteiger partial charge in [-0.1, -0.05) is 6.08 Å². The molecule has 0 amide bonds. The van der Waals surface area contributed by atoms with E-state index in [1.54, 1.807) is 0 Å². The molecule has 0 spiro atoms. The summed E-state index contributed by atoms with van der Waals surface area (Å²) in [5.74, 6) is -1.91. The van der Waals surface area contributed by atoms with E-state index in [1.807, 2.05) is 0 Å². The van der Waals surface area contributed by atoms with Gasteiger partial charge in [0.25, 0.3) is 0 Å². The van der Waals surface area contributed by atoms with E-state index >= 15 is 0 Å². The molecule has 2 aliphatic carbocycles. The van der Waals surface area contributed by atoms with Crippen LogP contribution in [0, 0.1) is 5.21 Å². The van der Waals surface area contributed by atoms with Crippen molar-refractivity contribution in [3.63, 3.8) is 0 Å². The Labute approximate surface area is 140 Å². The van der Waals surface area contributed by atoms with E-state index in [1.165, 1.54) is 6.07 Å². The van der Waals surface area contributed by atoms with Crippen LogP contribution in [0.3, 0.4) is 0 Å². The van der Waals surface area contributed by atoms with Gasteiger partial charge in [0.15, 0.2) is 11.6 Å². The van der Waals surface area contributed by atoms with Crippen molar-refractivity contribution in [1.82, 2.24) is 0 Å². The summed E-state index contributed by atoms with van der Waals surface area (Å²) in [6, 6.07) is 2.35. The van der Waals surface area contributed by atoms with E-state index < -0.39 is 41.5 Å². The lowest BCUT2D eigenvalue weighted by Gasteiger charge is -2.56. The van der Waals surface area contributed by atoms with Gasteiger partial charge in [-0.25, -0.2) is 0 Å². The van der Waals surface area contributed by atoms with E-state index in [0.29, 0.717) is 0 Å². The van der Waals surface area contributed by atoms with Crippen molar-refractivity contribution in [2.75, 3.05) is 7.11 Å². The second-order valence-electron chi connectivity index (χ2n) is 6.01. The molecule has 2 aliphatic rings. The second kappa shape index (κ2) is 5.21. The molecule has 0 aliphatic heterocycles. The standard InChI is InChI=1S/C16H14F3NO5/c1-9(21)25-10-5-6-15(16(17,18)19)11-4-3-7-20(23)12(11)14(15,8-10)13(22)24-2/h3-7,10H,8H2,1-2H3/t10-,14-,15-/m1/s1. The predicted octanol–water partition coefficient (Wildman–Crippen LogP) is 1.44. The van der Waals surface area contributed by atoms with Crippen LogP contribution in [0.2, 0.25) is 0 Å². The average molecular weight is 357 g/mol. The van der Waals surface area contributed by atoms with Gasteiger partial charge in [-0.3, -0.25) is 9.59 Å². The molecule has 0 aromatic carbocycles. The minimum atomic E-state index is -4.86. The summed E-state index contributed by atoms with van der Waals surface area (Å²) in [5.41, 5.74) is -5.65. The summed E-state index contributed by atoms with van der Waals surface area (Å²) < 4.78 is 52.1. The van der Waals surface area contributed by atoms with Gasteiger partial charge in [0.05, 0.1) is 7.11 Å². The van der Waals surface area contributed by atoms with Crippen LogP contribution in [0.5, 0.6) is 0 Å². The number of aromatic nitrogens is 1. The Morgan fingerprint density at radius 2 is 2.08 bits per heavy atom. The highest BCUT2D eigenvalue weighted by molar-refractivity contribution is 5.91. The third kappa shape index (κ3) is 1.95. The van der Waals surface area contributed by atoms with Crippen molar-refractivity contribution in [1.29, 1.82) is 0 Å². The highest BCUT2D eigenvalue weighted by Crippen LogP contribution is 2.66. The summed E-state index contributed by atoms with van der Waals surface area (Å²) in [6.45, 7) is 1.10. The van der Waals surface area contributed by atoms with E-state index in [9.17, 15) is 28.0 Å². The van der Waals surface area contributed by atoms with E-state index in [0.717, 1.165) is 38.4 Å². The van der Waals surface area contributed by atoms with E-state index in [2.05, 4.69) is 4.74 Å². The normalized spacial score (nSPS) is 29.9. The fraction of sp³-hybridized carbons (Fsp3) is 0.438. The van der Waals surface area contributed by atoms with Crippen molar-refractivity contribution >= 4 is 11.9 Å². The smallest absolute Gasteiger partial charge is 0.403 e. The van der Waals surface area contributed by atoms with Gasteiger partial charge in [0.1, 0.15) is 11.5 Å². The molecule has 0 saturated heterocycles. The number of halogens is 3. The lowest BCUT2D eigenvalue weighted by Crippen LogP contribution is -2.74. The zero-order chi connectivity index (χ0) is 18.6. The largest absolute Gasteiger partial charge is 0.618 e. The van der Waals surface area contributed by atoms with Gasteiger partial charge in [-0.05, 0) is 12.1 Å². The molecule has 0 N–H and O–H groups in total. The quantitative estimate of drug-likeness (QED) is 0.346. The fourth-order valence-electron chi connectivity index (χ4n) is 3.99. The molecular weight excluding hydrogens is 343 g/mol. The van der Waals surface area contributed by atoms with Crippen molar-refractivity contribution in [2.45, 2.75) is 36.5 Å². The molecule has 0 unspecified atom stereocenters. The minimum absolute atomic E-state index is 0.236. The SMILES string of the molecule is COC(=O)[C@]12C[C@H](OC(C)=O)C=C[C@@]1(C(F)(F)F)c1ccc[n+]([O-])c12. The first-order valence-electron chi connectivity index (χ1n) is 7.36. The zero-order valence-electron chi connectivity index (χ0n) is 13.3. The number of nitrogens with zero attached hydrogens (tertiary/aromatic N) is 1. The van der Waals surface area contributed by atoms with Crippen LogP contribution in [0.25, 0.3) is 0 Å². The van der Waals surface area contributed by atoms with Gasteiger partial charge in [-0.15, -0.1) is 0 Å². The van der Waals surface area contributed by atoms with Crippen LogP contribution in [0.4, 0.5) is 13.2 Å². The molecule has 0 bridgehead atoms. The van der Waals surface area contributed by atoms with Crippen LogP contribution in [0.15, 0.2) is 30.5 Å². The number of methoxy groups -OCH3 is 1. The highest BCUT2D eigenvalue weighted by Gasteiger charge is 2.83. The molecule has 25 heavy (non-hydrogen) atoms. The number of allylic oxidation sites excluding steroid dienone is 1. The number of pyridine rings is 1. The lowest BCUT2D eigenvalue weighted by molar-refractivity contribution is -0.624. The number of esters is 2. The van der Waals surface area contributed by atoms with Crippen LogP contribution >= 0.6 is 0 Å². The number of fused-ring (bicyclic) bond motifs is 4. The molecule has 6 nitrogen and oxygen atoms in total. The lowest BCUT2D eigenvalue weighted by atomic mass is 9.44. The number of hydrogen-bond donors (Lipinski definition) is 0.